The van der Waals surface area contributed by atoms with Crippen LogP contribution in [-0.2, 0) is 0 Å². The maximum atomic E-state index is 6.42. The number of H-pyrrole nitrogens is 1. The molecule has 3 atom stereocenters. The fraction of sp³-hybridized carbons (Fsp3) is 0.448. The Hall–Kier alpha value is -3.18. The Morgan fingerprint density at radius 3 is 2.81 bits per heavy atom. The number of imidazole rings is 1. The molecule has 2 saturated heterocycles. The number of benzene rings is 2. The van der Waals surface area contributed by atoms with Crippen molar-refractivity contribution in [1.82, 2.24) is 20.2 Å². The first-order chi connectivity index (χ1) is 17.5. The van der Waals surface area contributed by atoms with E-state index in [-0.39, 0.29) is 12.1 Å². The second kappa shape index (κ2) is 9.70. The molecule has 36 heavy (non-hydrogen) atoms. The average molecular weight is 482 g/mol. The highest BCUT2D eigenvalue weighted by Crippen LogP contribution is 2.34. The minimum Gasteiger partial charge on any atom is -0.341 e. The van der Waals surface area contributed by atoms with Crippen molar-refractivity contribution in [2.45, 2.75) is 57.7 Å². The lowest BCUT2D eigenvalue weighted by molar-refractivity contribution is 0.259. The van der Waals surface area contributed by atoms with Gasteiger partial charge in [0.2, 0.25) is 0 Å². The molecule has 0 unspecified atom stereocenters. The summed E-state index contributed by atoms with van der Waals surface area (Å²) in [5.41, 5.74) is 13.6. The highest BCUT2D eigenvalue weighted by Gasteiger charge is 2.30. The van der Waals surface area contributed by atoms with Gasteiger partial charge in [-0.2, -0.15) is 0 Å². The summed E-state index contributed by atoms with van der Waals surface area (Å²) in [6.45, 7) is 7.37. The summed E-state index contributed by atoms with van der Waals surface area (Å²) in [5, 5.41) is 6.78. The van der Waals surface area contributed by atoms with Gasteiger partial charge >= 0.3 is 0 Å². The molecule has 0 spiro atoms. The molecular formula is C29H35N7. The van der Waals surface area contributed by atoms with E-state index in [0.29, 0.717) is 12.0 Å². The number of nitrogens with one attached hydrogen (secondary N) is 3. The number of aromatic nitrogens is 2. The van der Waals surface area contributed by atoms with Gasteiger partial charge in [0.1, 0.15) is 11.5 Å². The van der Waals surface area contributed by atoms with E-state index in [1.807, 2.05) is 0 Å². The van der Waals surface area contributed by atoms with Crippen LogP contribution in [-0.4, -0.2) is 52.3 Å². The molecule has 0 radical (unpaired) electrons. The van der Waals surface area contributed by atoms with Gasteiger partial charge in [-0.1, -0.05) is 26.0 Å². The van der Waals surface area contributed by atoms with Crippen LogP contribution >= 0.6 is 0 Å². The summed E-state index contributed by atoms with van der Waals surface area (Å²) in [6.07, 6.45) is 4.56. The summed E-state index contributed by atoms with van der Waals surface area (Å²) in [4.78, 5) is 15.9. The molecule has 3 aliphatic rings. The normalized spacial score (nSPS) is 22.6. The molecule has 4 heterocycles. The molecule has 3 aromatic rings. The number of hydrogen-bond donors (Lipinski definition) is 4. The van der Waals surface area contributed by atoms with Gasteiger partial charge in [-0.25, -0.2) is 9.98 Å². The molecular weight excluding hydrogens is 446 g/mol. The zero-order valence-electron chi connectivity index (χ0n) is 21.1. The predicted octanol–water partition coefficient (Wildman–Crippen LogP) is 4.56. The highest BCUT2D eigenvalue weighted by atomic mass is 15.2. The van der Waals surface area contributed by atoms with Crippen molar-refractivity contribution >= 4 is 28.1 Å². The van der Waals surface area contributed by atoms with Crippen LogP contribution in [0.1, 0.15) is 51.4 Å². The first kappa shape index (κ1) is 23.2. The van der Waals surface area contributed by atoms with Crippen LogP contribution in [0.4, 0.5) is 11.4 Å². The summed E-state index contributed by atoms with van der Waals surface area (Å²) in [5.74, 6) is 4.80. The number of nitrogens with zero attached hydrogens (tertiary/aromatic N) is 3. The Morgan fingerprint density at radius 2 is 1.97 bits per heavy atom. The molecule has 2 aromatic carbocycles. The smallest absolute Gasteiger partial charge is 0.124 e. The molecule has 186 valence electrons. The standard InChI is InChI=1S/C29H35N7/c1-18(2)21(30)17-36-14-4-6-28(36)24-11-13-32-22-9-7-19(15-26(22)33-24)20-8-10-23-27(16-20)35-29(34-23)25-5-3-12-31-25/h7-10,15-16,18,21,25,28,31-32H,3-6,12,14,17,30H2,1-2H3,(H,34,35)/t21-,25+,28+/m1/s1. The van der Waals surface area contributed by atoms with E-state index in [2.05, 4.69) is 82.7 Å². The van der Waals surface area contributed by atoms with E-state index in [1.165, 1.54) is 6.42 Å². The van der Waals surface area contributed by atoms with E-state index in [9.17, 15) is 0 Å². The number of aliphatic imine (C=N–C) groups is 1. The fourth-order valence-electron chi connectivity index (χ4n) is 5.52. The molecule has 0 bridgehead atoms. The van der Waals surface area contributed by atoms with Gasteiger partial charge in [-0.3, -0.25) is 4.90 Å². The molecule has 0 amide bonds. The molecule has 7 heteroatoms. The SMILES string of the molecule is CC(C)[C@H](N)CN1CCC[C@H]1C1=Nc2cc(-c3ccc4nc([C@@H]5CCCN5)[nH]c4c3)ccc2NC#C1. The number of hydrogen-bond acceptors (Lipinski definition) is 6. The Balaban J connectivity index is 1.29. The van der Waals surface area contributed by atoms with Crippen LogP contribution in [0.25, 0.3) is 22.2 Å². The van der Waals surface area contributed by atoms with Crippen LogP contribution in [0.15, 0.2) is 41.4 Å². The number of anilines is 1. The van der Waals surface area contributed by atoms with Crippen molar-refractivity contribution in [3.05, 3.63) is 42.2 Å². The Bertz CT molecular complexity index is 1350. The third-order valence-electron chi connectivity index (χ3n) is 7.83. The van der Waals surface area contributed by atoms with Crippen LogP contribution in [0.2, 0.25) is 0 Å². The van der Waals surface area contributed by atoms with Gasteiger partial charge in [-0.15, -0.1) is 0 Å². The minimum absolute atomic E-state index is 0.157. The van der Waals surface area contributed by atoms with Crippen molar-refractivity contribution < 1.29 is 0 Å². The van der Waals surface area contributed by atoms with Gasteiger partial charge in [-0.05, 0) is 86.0 Å². The molecule has 1 aromatic heterocycles. The van der Waals surface area contributed by atoms with Gasteiger partial charge in [0.25, 0.3) is 0 Å². The lowest BCUT2D eigenvalue weighted by atomic mass is 10.0. The van der Waals surface area contributed by atoms with Crippen LogP contribution in [0.5, 0.6) is 0 Å². The van der Waals surface area contributed by atoms with E-state index < -0.39 is 0 Å². The number of nitrogens with two attached hydrogens (primary N) is 1. The van der Waals surface area contributed by atoms with Crippen molar-refractivity contribution in [1.29, 1.82) is 0 Å². The van der Waals surface area contributed by atoms with Crippen molar-refractivity contribution in [3.63, 3.8) is 0 Å². The van der Waals surface area contributed by atoms with E-state index >= 15 is 0 Å². The molecule has 7 nitrogen and oxygen atoms in total. The Morgan fingerprint density at radius 1 is 1.11 bits per heavy atom. The van der Waals surface area contributed by atoms with E-state index in [1.54, 1.807) is 0 Å². The highest BCUT2D eigenvalue weighted by molar-refractivity contribution is 6.07. The van der Waals surface area contributed by atoms with Gasteiger partial charge in [0, 0.05) is 18.6 Å². The summed E-state index contributed by atoms with van der Waals surface area (Å²) < 4.78 is 0. The first-order valence-electron chi connectivity index (χ1n) is 13.3. The maximum Gasteiger partial charge on any atom is 0.124 e. The second-order valence-corrected chi connectivity index (χ2v) is 10.7. The lowest BCUT2D eigenvalue weighted by Gasteiger charge is -2.28. The topological polar surface area (TPSA) is 94.4 Å². The second-order valence-electron chi connectivity index (χ2n) is 10.7. The summed E-state index contributed by atoms with van der Waals surface area (Å²) in [7, 11) is 0. The molecule has 3 aliphatic heterocycles. The molecule has 2 fully saturated rings. The maximum absolute atomic E-state index is 6.42. The van der Waals surface area contributed by atoms with Crippen molar-refractivity contribution in [2.75, 3.05) is 25.0 Å². The van der Waals surface area contributed by atoms with Crippen LogP contribution < -0.4 is 16.4 Å². The summed E-state index contributed by atoms with van der Waals surface area (Å²) in [6, 6.07) is 16.7. The van der Waals surface area contributed by atoms with E-state index in [4.69, 9.17) is 15.7 Å². The van der Waals surface area contributed by atoms with Crippen LogP contribution in [0.3, 0.4) is 0 Å². The minimum atomic E-state index is 0.157. The zero-order valence-corrected chi connectivity index (χ0v) is 21.1. The van der Waals surface area contributed by atoms with Gasteiger partial charge in [0.05, 0.1) is 34.5 Å². The molecule has 0 saturated carbocycles. The summed E-state index contributed by atoms with van der Waals surface area (Å²) >= 11 is 0. The quantitative estimate of drug-likeness (QED) is 0.387. The number of likely N-dealkylation sites (tertiary alicyclic amines) is 1. The molecule has 0 aliphatic carbocycles. The Labute approximate surface area is 213 Å². The van der Waals surface area contributed by atoms with Gasteiger partial charge in [0.15, 0.2) is 0 Å². The van der Waals surface area contributed by atoms with Gasteiger partial charge < -0.3 is 21.4 Å². The monoisotopic (exact) mass is 481 g/mol. The van der Waals surface area contributed by atoms with Crippen LogP contribution in [0, 0.1) is 17.9 Å². The molecule has 6 rings (SSSR count). The first-order valence-corrected chi connectivity index (χ1v) is 13.3. The average Bonchev–Trinajstić information content (AvgIpc) is 3.62. The third kappa shape index (κ3) is 4.53. The van der Waals surface area contributed by atoms with Crippen molar-refractivity contribution in [3.8, 4) is 23.1 Å². The lowest BCUT2D eigenvalue weighted by Crippen LogP contribution is -2.45. The molecule has 5 N–H and O–H groups in total. The predicted molar refractivity (Wildman–Crippen MR) is 147 cm³/mol. The number of rotatable bonds is 6. The fourth-order valence-corrected chi connectivity index (χ4v) is 5.52. The van der Waals surface area contributed by atoms with E-state index in [0.717, 1.165) is 84.0 Å². The largest absolute Gasteiger partial charge is 0.341 e. The number of aromatic amines is 1. The Kier molecular flexibility index (Phi) is 6.26. The zero-order chi connectivity index (χ0) is 24.6. The number of fused-ring (bicyclic) bond motifs is 2. The van der Waals surface area contributed by atoms with Crippen molar-refractivity contribution in [2.24, 2.45) is 16.6 Å². The third-order valence-corrected chi connectivity index (χ3v) is 7.83.